The first-order chi connectivity index (χ1) is 20.5. The van der Waals surface area contributed by atoms with Crippen LogP contribution in [0.2, 0.25) is 0 Å². The highest BCUT2D eigenvalue weighted by molar-refractivity contribution is 6.10. The van der Waals surface area contributed by atoms with Crippen LogP contribution >= 0.6 is 0 Å². The molecule has 7 aromatic rings. The maximum absolute atomic E-state index is 6.70. The molecule has 2 unspecified atom stereocenters. The van der Waals surface area contributed by atoms with Crippen molar-refractivity contribution in [3.8, 4) is 17.1 Å². The van der Waals surface area contributed by atoms with Gasteiger partial charge < -0.3 is 4.42 Å². The number of para-hydroxylation sites is 2. The van der Waals surface area contributed by atoms with Crippen LogP contribution < -0.4 is 4.57 Å². The number of aromatic nitrogens is 2. The van der Waals surface area contributed by atoms with Crippen LogP contribution in [0.3, 0.4) is 0 Å². The largest absolute Gasteiger partial charge is 0.455 e. The van der Waals surface area contributed by atoms with Gasteiger partial charge in [0.15, 0.2) is 16.6 Å². The summed E-state index contributed by atoms with van der Waals surface area (Å²) in [7, 11) is 2.24. The molecule has 2 atom stereocenters. The molecule has 2 aliphatic rings. The lowest BCUT2D eigenvalue weighted by Crippen LogP contribution is -2.30. The molecule has 0 N–H and O–H groups in total. The first-order valence-electron chi connectivity index (χ1n) is 15.2. The molecule has 42 heavy (non-hydrogen) atoms. The first-order valence-corrected chi connectivity index (χ1v) is 15.2. The highest BCUT2D eigenvalue weighted by atomic mass is 16.3. The molecule has 0 spiro atoms. The van der Waals surface area contributed by atoms with Crippen molar-refractivity contribution in [1.82, 2.24) is 4.57 Å². The number of aryl methyl sites for hydroxylation is 2. The Balaban J connectivity index is 1.46. The fourth-order valence-electron chi connectivity index (χ4n) is 8.22. The Bertz CT molecular complexity index is 2250. The van der Waals surface area contributed by atoms with Crippen LogP contribution in [0, 0.1) is 6.92 Å². The summed E-state index contributed by atoms with van der Waals surface area (Å²) in [5.41, 5.74) is 15.5. The second-order valence-corrected chi connectivity index (χ2v) is 12.6. The van der Waals surface area contributed by atoms with Crippen LogP contribution in [0.5, 0.6) is 0 Å². The van der Waals surface area contributed by atoms with Gasteiger partial charge in [0.25, 0.3) is 5.82 Å². The lowest BCUT2D eigenvalue weighted by atomic mass is 9.85. The molecule has 0 saturated carbocycles. The Kier molecular flexibility index (Phi) is 4.83. The maximum atomic E-state index is 6.70. The lowest BCUT2D eigenvalue weighted by molar-refractivity contribution is -0.633. The number of nitrogens with zero attached hydrogens (tertiary/aromatic N) is 2. The average Bonchev–Trinajstić information content (AvgIpc) is 3.76. The standard InChI is InChI=1S/C39H33N2O/c1-22(2)24-11-7-9-15-32(24)41-37-33(20-19-28-30-21-31(36(28)37)26-13-6-5-12-25(26)30)40(4)39(41)35-23(3)17-18-29-27-14-8-10-16-34(27)42-38(29)35/h5-20,22,30-31H,21H2,1-4H3/q+1. The zero-order chi connectivity index (χ0) is 28.3. The summed E-state index contributed by atoms with van der Waals surface area (Å²) in [4.78, 5) is 0. The Morgan fingerprint density at radius 1 is 0.762 bits per heavy atom. The van der Waals surface area contributed by atoms with E-state index in [1.165, 1.54) is 73.3 Å². The lowest BCUT2D eigenvalue weighted by Gasteiger charge is -2.19. The molecule has 0 amide bonds. The van der Waals surface area contributed by atoms with Gasteiger partial charge in [-0.25, -0.2) is 4.57 Å². The van der Waals surface area contributed by atoms with Gasteiger partial charge in [0.1, 0.15) is 16.8 Å². The van der Waals surface area contributed by atoms with E-state index in [1.807, 2.05) is 0 Å². The predicted molar refractivity (Wildman–Crippen MR) is 171 cm³/mol. The summed E-state index contributed by atoms with van der Waals surface area (Å²) in [5, 5.41) is 2.33. The zero-order valence-electron chi connectivity index (χ0n) is 24.5. The molecule has 0 radical (unpaired) electrons. The van der Waals surface area contributed by atoms with Crippen molar-refractivity contribution in [2.75, 3.05) is 0 Å². The minimum atomic E-state index is 0.383. The average molecular weight is 546 g/mol. The second-order valence-electron chi connectivity index (χ2n) is 12.6. The van der Waals surface area contributed by atoms with E-state index in [9.17, 15) is 0 Å². The van der Waals surface area contributed by atoms with Crippen molar-refractivity contribution in [2.45, 2.75) is 44.9 Å². The van der Waals surface area contributed by atoms with Crippen LogP contribution in [0.4, 0.5) is 0 Å². The fraction of sp³-hybridized carbons (Fsp3) is 0.205. The van der Waals surface area contributed by atoms with E-state index in [0.717, 1.165) is 16.6 Å². The molecule has 0 fully saturated rings. The predicted octanol–water partition coefficient (Wildman–Crippen LogP) is 9.43. The summed E-state index contributed by atoms with van der Waals surface area (Å²) in [6.45, 7) is 6.83. The van der Waals surface area contributed by atoms with Gasteiger partial charge >= 0.3 is 0 Å². The summed E-state index contributed by atoms with van der Waals surface area (Å²) in [6.07, 6.45) is 1.17. The van der Waals surface area contributed by atoms with Gasteiger partial charge in [0, 0.05) is 33.7 Å². The molecule has 2 heterocycles. The van der Waals surface area contributed by atoms with Gasteiger partial charge in [0.05, 0.1) is 7.05 Å². The van der Waals surface area contributed by atoms with E-state index >= 15 is 0 Å². The molecule has 3 heteroatoms. The minimum Gasteiger partial charge on any atom is -0.455 e. The smallest absolute Gasteiger partial charge is 0.299 e. The second kappa shape index (κ2) is 8.45. The molecule has 2 bridgehead atoms. The Morgan fingerprint density at radius 2 is 1.50 bits per heavy atom. The number of rotatable bonds is 3. The molecular formula is C39H33N2O+. The van der Waals surface area contributed by atoms with Gasteiger partial charge in [-0.2, -0.15) is 4.57 Å². The third-order valence-corrected chi connectivity index (χ3v) is 10.1. The van der Waals surface area contributed by atoms with Crippen LogP contribution in [-0.2, 0) is 7.05 Å². The monoisotopic (exact) mass is 545 g/mol. The number of fused-ring (bicyclic) bond motifs is 13. The quantitative estimate of drug-likeness (QED) is 0.203. The van der Waals surface area contributed by atoms with Gasteiger partial charge in [-0.05, 0) is 59.7 Å². The Labute approximate surface area is 245 Å². The fourth-order valence-corrected chi connectivity index (χ4v) is 8.22. The van der Waals surface area contributed by atoms with E-state index in [1.54, 1.807) is 0 Å². The normalized spacial score (nSPS) is 17.2. The summed E-state index contributed by atoms with van der Waals surface area (Å²) < 4.78 is 11.7. The van der Waals surface area contributed by atoms with Crippen LogP contribution in [0.1, 0.15) is 71.4 Å². The number of furan rings is 1. The van der Waals surface area contributed by atoms with E-state index in [2.05, 4.69) is 134 Å². The molecule has 2 aromatic heterocycles. The summed E-state index contributed by atoms with van der Waals surface area (Å²) in [6, 6.07) is 35.8. The van der Waals surface area contributed by atoms with Crippen molar-refractivity contribution in [3.05, 3.63) is 130 Å². The van der Waals surface area contributed by atoms with Crippen LogP contribution in [-0.4, -0.2) is 4.57 Å². The molecule has 5 aromatic carbocycles. The van der Waals surface area contributed by atoms with Gasteiger partial charge in [0.2, 0.25) is 0 Å². The van der Waals surface area contributed by atoms with Crippen molar-refractivity contribution >= 4 is 33.0 Å². The van der Waals surface area contributed by atoms with E-state index in [-0.39, 0.29) is 0 Å². The first kappa shape index (κ1) is 24.0. The van der Waals surface area contributed by atoms with Crippen molar-refractivity contribution in [3.63, 3.8) is 0 Å². The van der Waals surface area contributed by atoms with E-state index in [4.69, 9.17) is 4.42 Å². The van der Waals surface area contributed by atoms with Gasteiger partial charge in [-0.3, -0.25) is 0 Å². The maximum Gasteiger partial charge on any atom is 0.299 e. The molecule has 0 aliphatic heterocycles. The molecule has 204 valence electrons. The van der Waals surface area contributed by atoms with Crippen molar-refractivity contribution < 1.29 is 8.98 Å². The molecule has 9 rings (SSSR count). The van der Waals surface area contributed by atoms with Gasteiger partial charge in [-0.15, -0.1) is 0 Å². The van der Waals surface area contributed by atoms with Crippen LogP contribution in [0.15, 0.2) is 101 Å². The molecule has 2 aliphatic carbocycles. The van der Waals surface area contributed by atoms with E-state index in [0.29, 0.717) is 17.8 Å². The third-order valence-electron chi connectivity index (χ3n) is 10.1. The molecule has 3 nitrogen and oxygen atoms in total. The highest BCUT2D eigenvalue weighted by Crippen LogP contribution is 2.58. The summed E-state index contributed by atoms with van der Waals surface area (Å²) in [5.74, 6) is 2.45. The van der Waals surface area contributed by atoms with Gasteiger partial charge in [-0.1, -0.05) is 92.7 Å². The molecular weight excluding hydrogens is 512 g/mol. The topological polar surface area (TPSA) is 21.9 Å². The Morgan fingerprint density at radius 3 is 2.33 bits per heavy atom. The van der Waals surface area contributed by atoms with Crippen molar-refractivity contribution in [2.24, 2.45) is 7.05 Å². The summed E-state index contributed by atoms with van der Waals surface area (Å²) >= 11 is 0. The number of hydrogen-bond acceptors (Lipinski definition) is 1. The Hall–Kier alpha value is -4.63. The zero-order valence-corrected chi connectivity index (χ0v) is 24.5. The number of benzene rings is 5. The SMILES string of the molecule is Cc1ccc2c(oc3ccccc32)c1-c1n(-c2ccccc2C(C)C)c2c3c(ccc2[n+]1C)C1CC3c2ccccc21. The number of hydrogen-bond donors (Lipinski definition) is 0. The molecule has 0 saturated heterocycles. The highest BCUT2D eigenvalue weighted by Gasteiger charge is 2.45. The number of imidazole rings is 1. The van der Waals surface area contributed by atoms with Crippen molar-refractivity contribution in [1.29, 1.82) is 0 Å². The van der Waals surface area contributed by atoms with Crippen LogP contribution in [0.25, 0.3) is 50.0 Å². The third kappa shape index (κ3) is 2.98. The minimum absolute atomic E-state index is 0.383. The van der Waals surface area contributed by atoms with E-state index < -0.39 is 0 Å².